The Morgan fingerprint density at radius 1 is 1.27 bits per heavy atom. The molecule has 0 amide bonds. The van der Waals surface area contributed by atoms with Crippen molar-refractivity contribution in [3.05, 3.63) is 47.5 Å². The van der Waals surface area contributed by atoms with Crippen molar-refractivity contribution in [2.45, 2.75) is 70.1 Å². The van der Waals surface area contributed by atoms with E-state index in [4.69, 9.17) is 9.73 Å². The molecule has 1 unspecified atom stereocenters. The van der Waals surface area contributed by atoms with Gasteiger partial charge in [-0.1, -0.05) is 43.2 Å². The van der Waals surface area contributed by atoms with Crippen LogP contribution in [-0.4, -0.2) is 47.0 Å². The third kappa shape index (κ3) is 4.67. The van der Waals surface area contributed by atoms with E-state index in [1.165, 1.54) is 31.2 Å². The molecule has 30 heavy (non-hydrogen) atoms. The second-order valence-corrected chi connectivity index (χ2v) is 8.49. The first kappa shape index (κ1) is 20.8. The first-order chi connectivity index (χ1) is 14.7. The lowest BCUT2D eigenvalue weighted by Gasteiger charge is -2.29. The van der Waals surface area contributed by atoms with Crippen molar-refractivity contribution >= 4 is 5.96 Å². The molecule has 1 fully saturated rings. The normalized spacial score (nSPS) is 20.7. The van der Waals surface area contributed by atoms with Gasteiger partial charge in [-0.2, -0.15) is 5.10 Å². The van der Waals surface area contributed by atoms with Crippen molar-refractivity contribution in [1.29, 1.82) is 0 Å². The van der Waals surface area contributed by atoms with Crippen LogP contribution < -0.4 is 10.6 Å². The van der Waals surface area contributed by atoms with Crippen LogP contribution in [0.2, 0.25) is 0 Å². The van der Waals surface area contributed by atoms with Gasteiger partial charge in [0.15, 0.2) is 11.8 Å². The summed E-state index contributed by atoms with van der Waals surface area (Å²) in [5.41, 5.74) is 1.60. The highest BCUT2D eigenvalue weighted by molar-refractivity contribution is 5.80. The van der Waals surface area contributed by atoms with Crippen LogP contribution in [-0.2, 0) is 29.7 Å². The number of nitrogens with one attached hydrogen (secondary N) is 2. The Kier molecular flexibility index (Phi) is 6.67. The third-order valence-electron chi connectivity index (χ3n) is 6.35. The lowest BCUT2D eigenvalue weighted by atomic mass is 9.79. The van der Waals surface area contributed by atoms with Gasteiger partial charge < -0.3 is 15.4 Å². The second-order valence-electron chi connectivity index (χ2n) is 8.49. The van der Waals surface area contributed by atoms with Gasteiger partial charge in [-0.3, -0.25) is 4.99 Å². The van der Waals surface area contributed by atoms with Gasteiger partial charge in [-0.05, 0) is 31.7 Å². The largest absolute Gasteiger partial charge is 0.377 e. The van der Waals surface area contributed by atoms with Crippen LogP contribution in [0.4, 0.5) is 0 Å². The Morgan fingerprint density at radius 3 is 2.80 bits per heavy atom. The number of fused-ring (bicyclic) bond motifs is 1. The van der Waals surface area contributed by atoms with Crippen molar-refractivity contribution in [1.82, 2.24) is 25.4 Å². The minimum Gasteiger partial charge on any atom is -0.377 e. The molecule has 1 atom stereocenters. The highest BCUT2D eigenvalue weighted by Gasteiger charge is 2.35. The number of hydrogen-bond donors (Lipinski definition) is 2. The summed E-state index contributed by atoms with van der Waals surface area (Å²) < 4.78 is 7.19. The summed E-state index contributed by atoms with van der Waals surface area (Å²) in [6, 6.07) is 11.2. The zero-order valence-corrected chi connectivity index (χ0v) is 18.2. The van der Waals surface area contributed by atoms with Crippen molar-refractivity contribution in [2.24, 2.45) is 4.99 Å². The van der Waals surface area contributed by atoms with Gasteiger partial charge in [0.1, 0.15) is 12.4 Å². The zero-order valence-electron chi connectivity index (χ0n) is 18.2. The molecule has 7 heteroatoms. The number of rotatable bonds is 7. The highest BCUT2D eigenvalue weighted by atomic mass is 16.5. The molecule has 4 rings (SSSR count). The highest BCUT2D eigenvalue weighted by Crippen LogP contribution is 2.41. The van der Waals surface area contributed by atoms with Crippen LogP contribution in [0.5, 0.6) is 0 Å². The van der Waals surface area contributed by atoms with E-state index in [2.05, 4.69) is 58.0 Å². The summed E-state index contributed by atoms with van der Waals surface area (Å²) in [6.07, 6.45) is 6.95. The molecule has 1 aliphatic heterocycles. The Labute approximate surface area is 179 Å². The zero-order chi connectivity index (χ0) is 20.8. The topological polar surface area (TPSA) is 76.4 Å². The predicted molar refractivity (Wildman–Crippen MR) is 119 cm³/mol. The summed E-state index contributed by atoms with van der Waals surface area (Å²) in [5, 5.41) is 11.7. The van der Waals surface area contributed by atoms with Crippen LogP contribution in [0.25, 0.3) is 0 Å². The van der Waals surface area contributed by atoms with Crippen molar-refractivity contribution < 1.29 is 4.74 Å². The number of aryl methyl sites for hydroxylation is 1. The first-order valence-electron chi connectivity index (χ1n) is 11.2. The monoisotopic (exact) mass is 410 g/mol. The maximum absolute atomic E-state index is 5.17. The lowest BCUT2D eigenvalue weighted by Crippen LogP contribution is -2.47. The van der Waals surface area contributed by atoms with Gasteiger partial charge in [-0.15, -0.1) is 0 Å². The quantitative estimate of drug-likeness (QED) is 0.542. The SMILES string of the molecule is CCNC(=NCC1(c2ccccc2)CCCC1)NC1CCc2nc(COC)nn2C1. The molecule has 1 aliphatic carbocycles. The summed E-state index contributed by atoms with van der Waals surface area (Å²) in [7, 11) is 1.68. The fourth-order valence-electron chi connectivity index (χ4n) is 4.79. The van der Waals surface area contributed by atoms with E-state index in [0.717, 1.165) is 50.1 Å². The number of aromatic nitrogens is 3. The van der Waals surface area contributed by atoms with Crippen LogP contribution in [0.3, 0.4) is 0 Å². The van der Waals surface area contributed by atoms with E-state index in [1.807, 2.05) is 4.68 Å². The molecule has 0 bridgehead atoms. The van der Waals surface area contributed by atoms with E-state index in [-0.39, 0.29) is 5.41 Å². The summed E-state index contributed by atoms with van der Waals surface area (Å²) in [5.74, 6) is 2.72. The molecule has 2 heterocycles. The summed E-state index contributed by atoms with van der Waals surface area (Å²) in [6.45, 7) is 5.06. The maximum Gasteiger partial charge on any atom is 0.191 e. The number of nitrogens with zero attached hydrogens (tertiary/aromatic N) is 4. The average molecular weight is 411 g/mol. The second kappa shape index (κ2) is 9.60. The van der Waals surface area contributed by atoms with Gasteiger partial charge in [-0.25, -0.2) is 9.67 Å². The Morgan fingerprint density at radius 2 is 2.07 bits per heavy atom. The van der Waals surface area contributed by atoms with Gasteiger partial charge in [0, 0.05) is 31.5 Å². The Bertz CT molecular complexity index is 841. The molecule has 0 spiro atoms. The summed E-state index contributed by atoms with van der Waals surface area (Å²) in [4.78, 5) is 9.63. The molecule has 1 aromatic carbocycles. The number of benzene rings is 1. The minimum atomic E-state index is 0.171. The van der Waals surface area contributed by atoms with E-state index >= 15 is 0 Å². The molecule has 0 radical (unpaired) electrons. The van der Waals surface area contributed by atoms with Gasteiger partial charge in [0.05, 0.1) is 13.1 Å². The molecule has 0 saturated heterocycles. The molecule has 2 N–H and O–H groups in total. The maximum atomic E-state index is 5.17. The fourth-order valence-corrected chi connectivity index (χ4v) is 4.79. The van der Waals surface area contributed by atoms with Gasteiger partial charge in [0.2, 0.25) is 0 Å². The molecule has 162 valence electrons. The minimum absolute atomic E-state index is 0.171. The van der Waals surface area contributed by atoms with Crippen LogP contribution >= 0.6 is 0 Å². The van der Waals surface area contributed by atoms with Gasteiger partial charge >= 0.3 is 0 Å². The van der Waals surface area contributed by atoms with Gasteiger partial charge in [0.25, 0.3) is 0 Å². The van der Waals surface area contributed by atoms with E-state index in [9.17, 15) is 0 Å². The predicted octanol–water partition coefficient (Wildman–Crippen LogP) is 2.81. The smallest absolute Gasteiger partial charge is 0.191 e. The number of methoxy groups -OCH3 is 1. The lowest BCUT2D eigenvalue weighted by molar-refractivity contribution is 0.177. The number of hydrogen-bond acceptors (Lipinski definition) is 4. The molecule has 2 aliphatic rings. The van der Waals surface area contributed by atoms with Crippen LogP contribution in [0.15, 0.2) is 35.3 Å². The number of ether oxygens (including phenoxy) is 1. The molecule has 1 saturated carbocycles. The van der Waals surface area contributed by atoms with E-state index in [0.29, 0.717) is 12.6 Å². The number of aliphatic imine (C=N–C) groups is 1. The van der Waals surface area contributed by atoms with Crippen molar-refractivity contribution in [3.63, 3.8) is 0 Å². The molecular formula is C23H34N6O. The first-order valence-corrected chi connectivity index (χ1v) is 11.2. The molecular weight excluding hydrogens is 376 g/mol. The summed E-state index contributed by atoms with van der Waals surface area (Å²) >= 11 is 0. The number of guanidine groups is 1. The average Bonchev–Trinajstić information content (AvgIpc) is 3.40. The van der Waals surface area contributed by atoms with E-state index in [1.54, 1.807) is 7.11 Å². The van der Waals surface area contributed by atoms with E-state index < -0.39 is 0 Å². The standard InChI is InChI=1S/C23H34N6O/c1-3-24-22(25-17-23(13-7-8-14-23)18-9-5-4-6-10-18)26-19-11-12-21-27-20(16-30-2)28-29(21)15-19/h4-6,9-10,19H,3,7-8,11-17H2,1-2H3,(H2,24,25,26). The Hall–Kier alpha value is -2.41. The fraction of sp³-hybridized carbons (Fsp3) is 0.609. The molecule has 1 aromatic heterocycles. The molecule has 7 nitrogen and oxygen atoms in total. The van der Waals surface area contributed by atoms with Crippen molar-refractivity contribution in [3.8, 4) is 0 Å². The molecule has 2 aromatic rings. The van der Waals surface area contributed by atoms with Crippen LogP contribution in [0.1, 0.15) is 56.2 Å². The van der Waals surface area contributed by atoms with Crippen molar-refractivity contribution in [2.75, 3.05) is 20.2 Å². The van der Waals surface area contributed by atoms with Crippen LogP contribution in [0, 0.1) is 0 Å². The third-order valence-corrected chi connectivity index (χ3v) is 6.35. The Balaban J connectivity index is 1.45.